The fraction of sp³-hybridized carbons (Fsp3) is 0.0667. The van der Waals surface area contributed by atoms with E-state index in [4.69, 9.17) is 16.9 Å². The predicted octanol–water partition coefficient (Wildman–Crippen LogP) is 4.51. The zero-order valence-corrected chi connectivity index (χ0v) is 13.1. The number of hydrogen-bond acceptors (Lipinski definition) is 4. The van der Waals surface area contributed by atoms with Crippen molar-refractivity contribution in [2.75, 3.05) is 0 Å². The van der Waals surface area contributed by atoms with Crippen LogP contribution in [0.25, 0.3) is 21.3 Å². The molecule has 2 heterocycles. The Morgan fingerprint density at radius 1 is 1.25 bits per heavy atom. The molecule has 3 aromatic rings. The van der Waals surface area contributed by atoms with Crippen LogP contribution >= 0.6 is 22.9 Å². The molecule has 2 N–H and O–H groups in total. The van der Waals surface area contributed by atoms with E-state index in [0.717, 1.165) is 23.5 Å². The number of alkyl halides is 3. The summed E-state index contributed by atoms with van der Waals surface area (Å²) < 4.78 is 38.2. The summed E-state index contributed by atoms with van der Waals surface area (Å²) in [6.07, 6.45) is -4.47. The lowest BCUT2D eigenvalue weighted by Gasteiger charge is -2.08. The van der Waals surface area contributed by atoms with Crippen LogP contribution in [0.2, 0.25) is 4.34 Å². The van der Waals surface area contributed by atoms with Crippen molar-refractivity contribution in [3.05, 3.63) is 50.1 Å². The lowest BCUT2D eigenvalue weighted by molar-refractivity contribution is -0.137. The van der Waals surface area contributed by atoms with Crippen LogP contribution in [0.3, 0.4) is 0 Å². The normalized spacial score (nSPS) is 11.6. The quantitative estimate of drug-likeness (QED) is 0.661. The number of aromatic nitrogens is 1. The molecule has 0 aliphatic rings. The van der Waals surface area contributed by atoms with Crippen LogP contribution in [0.5, 0.6) is 5.75 Å². The molecule has 0 aliphatic heterocycles. The van der Waals surface area contributed by atoms with Crippen LogP contribution in [0.4, 0.5) is 13.2 Å². The lowest BCUT2D eigenvalue weighted by Crippen LogP contribution is -2.09. The van der Waals surface area contributed by atoms with Crippen molar-refractivity contribution >= 4 is 33.2 Å². The Kier molecular flexibility index (Phi) is 3.78. The van der Waals surface area contributed by atoms with Gasteiger partial charge in [0.1, 0.15) is 21.0 Å². The molecule has 0 saturated heterocycles. The zero-order valence-electron chi connectivity index (χ0n) is 11.5. The number of thiophene rings is 1. The summed E-state index contributed by atoms with van der Waals surface area (Å²) in [4.78, 5) is 14.4. The number of H-pyrrole nitrogens is 1. The highest BCUT2D eigenvalue weighted by molar-refractivity contribution is 7.23. The minimum atomic E-state index is -4.47. The predicted molar refractivity (Wildman–Crippen MR) is 84.3 cm³/mol. The summed E-state index contributed by atoms with van der Waals surface area (Å²) in [6, 6.07) is 5.81. The van der Waals surface area contributed by atoms with Gasteiger partial charge in [0.25, 0.3) is 5.56 Å². The molecule has 4 nitrogen and oxygen atoms in total. The van der Waals surface area contributed by atoms with Crippen molar-refractivity contribution in [1.82, 2.24) is 4.98 Å². The average Bonchev–Trinajstić information content (AvgIpc) is 2.83. The highest BCUT2D eigenvalue weighted by Crippen LogP contribution is 2.45. The Bertz CT molecular complexity index is 1050. The third kappa shape index (κ3) is 2.52. The molecule has 2 aromatic heterocycles. The van der Waals surface area contributed by atoms with Gasteiger partial charge >= 0.3 is 6.18 Å². The third-order valence-electron chi connectivity index (χ3n) is 3.41. The number of nitrogens with one attached hydrogen (secondary N) is 1. The maximum atomic E-state index is 12.7. The molecule has 0 atom stereocenters. The van der Waals surface area contributed by atoms with E-state index in [2.05, 4.69) is 4.98 Å². The lowest BCUT2D eigenvalue weighted by atomic mass is 10.0. The summed E-state index contributed by atoms with van der Waals surface area (Å²) in [5, 5.41) is 19.3. The van der Waals surface area contributed by atoms with Crippen LogP contribution in [0, 0.1) is 11.3 Å². The van der Waals surface area contributed by atoms with Gasteiger partial charge in [-0.2, -0.15) is 18.4 Å². The first kappa shape index (κ1) is 16.4. The second kappa shape index (κ2) is 5.54. The van der Waals surface area contributed by atoms with Crippen molar-refractivity contribution in [2.24, 2.45) is 0 Å². The minimum Gasteiger partial charge on any atom is -0.506 e. The Balaban J connectivity index is 2.29. The van der Waals surface area contributed by atoms with Gasteiger partial charge in [-0.3, -0.25) is 4.79 Å². The van der Waals surface area contributed by atoms with Crippen molar-refractivity contribution in [1.29, 1.82) is 5.26 Å². The van der Waals surface area contributed by atoms with E-state index in [1.807, 2.05) is 0 Å². The molecule has 122 valence electrons. The van der Waals surface area contributed by atoms with Crippen LogP contribution in [0.1, 0.15) is 11.1 Å². The van der Waals surface area contributed by atoms with E-state index < -0.39 is 28.6 Å². The van der Waals surface area contributed by atoms with Gasteiger partial charge in [0.05, 0.1) is 10.9 Å². The fourth-order valence-electron chi connectivity index (χ4n) is 2.30. The zero-order chi connectivity index (χ0) is 17.6. The summed E-state index contributed by atoms with van der Waals surface area (Å²) in [5.74, 6) is -0.547. The SMILES string of the molecule is N#Cc1c(O)c2c(-c3ccc(C(F)(F)F)cc3)c(Cl)sc2[nH]c1=O. The van der Waals surface area contributed by atoms with Crippen molar-refractivity contribution in [2.45, 2.75) is 6.18 Å². The van der Waals surface area contributed by atoms with E-state index in [0.29, 0.717) is 5.56 Å². The molecule has 24 heavy (non-hydrogen) atoms. The Morgan fingerprint density at radius 3 is 2.42 bits per heavy atom. The number of aromatic amines is 1. The van der Waals surface area contributed by atoms with E-state index in [-0.39, 0.29) is 20.1 Å². The second-order valence-corrected chi connectivity index (χ2v) is 6.44. The molecule has 0 unspecified atom stereocenters. The molecular formula is C15H6ClF3N2O2S. The molecule has 1 aromatic carbocycles. The smallest absolute Gasteiger partial charge is 0.416 e. The van der Waals surface area contributed by atoms with Gasteiger partial charge in [0.2, 0.25) is 0 Å². The first-order valence-electron chi connectivity index (χ1n) is 6.39. The average molecular weight is 371 g/mol. The summed E-state index contributed by atoms with van der Waals surface area (Å²) in [5.41, 5.74) is -1.48. The van der Waals surface area contributed by atoms with Crippen LogP contribution in [0.15, 0.2) is 29.1 Å². The molecule has 0 radical (unpaired) electrons. The number of aromatic hydroxyl groups is 1. The first-order chi connectivity index (χ1) is 11.2. The second-order valence-electron chi connectivity index (χ2n) is 4.82. The molecule has 0 fully saturated rings. The minimum absolute atomic E-state index is 0.126. The number of pyridine rings is 1. The number of nitrogens with zero attached hydrogens (tertiary/aromatic N) is 1. The molecule has 0 bridgehead atoms. The highest BCUT2D eigenvalue weighted by atomic mass is 35.5. The Hall–Kier alpha value is -2.50. The van der Waals surface area contributed by atoms with Gasteiger partial charge in [-0.25, -0.2) is 0 Å². The number of rotatable bonds is 1. The van der Waals surface area contributed by atoms with Gasteiger partial charge in [-0.1, -0.05) is 23.7 Å². The van der Waals surface area contributed by atoms with E-state index in [9.17, 15) is 23.1 Å². The fourth-order valence-corrected chi connectivity index (χ4v) is 3.68. The number of benzene rings is 1. The first-order valence-corrected chi connectivity index (χ1v) is 7.58. The molecule has 9 heteroatoms. The summed E-state index contributed by atoms with van der Waals surface area (Å²) in [6.45, 7) is 0. The van der Waals surface area contributed by atoms with E-state index in [1.165, 1.54) is 12.1 Å². The summed E-state index contributed by atoms with van der Waals surface area (Å²) >= 11 is 7.08. The van der Waals surface area contributed by atoms with Gasteiger partial charge in [-0.15, -0.1) is 11.3 Å². The Morgan fingerprint density at radius 2 is 1.88 bits per heavy atom. The van der Waals surface area contributed by atoms with Gasteiger partial charge < -0.3 is 10.1 Å². The third-order valence-corrected chi connectivity index (χ3v) is 4.72. The van der Waals surface area contributed by atoms with Crippen molar-refractivity contribution in [3.63, 3.8) is 0 Å². The topological polar surface area (TPSA) is 76.9 Å². The maximum absolute atomic E-state index is 12.7. The number of fused-ring (bicyclic) bond motifs is 1. The van der Waals surface area contributed by atoms with Crippen LogP contribution < -0.4 is 5.56 Å². The standard InChI is InChI=1S/C15H6ClF3N2O2S/c16-12-9(6-1-3-7(4-2-6)15(17,18)19)10-11(22)8(5-20)13(23)21-14(10)24-12/h1-4H,(H2,21,22,23). The monoisotopic (exact) mass is 370 g/mol. The highest BCUT2D eigenvalue weighted by Gasteiger charge is 2.30. The van der Waals surface area contributed by atoms with Crippen molar-refractivity contribution < 1.29 is 18.3 Å². The van der Waals surface area contributed by atoms with Gasteiger partial charge in [-0.05, 0) is 17.7 Å². The number of nitriles is 1. The largest absolute Gasteiger partial charge is 0.506 e. The summed E-state index contributed by atoms with van der Waals surface area (Å²) in [7, 11) is 0. The molecule has 0 amide bonds. The molecule has 3 rings (SSSR count). The molecule has 0 spiro atoms. The van der Waals surface area contributed by atoms with Gasteiger partial charge in [0, 0.05) is 5.56 Å². The van der Waals surface area contributed by atoms with E-state index in [1.54, 1.807) is 6.07 Å². The molecule has 0 saturated carbocycles. The van der Waals surface area contributed by atoms with Crippen LogP contribution in [-0.2, 0) is 6.18 Å². The molecule has 0 aliphatic carbocycles. The number of halogens is 4. The molecular weight excluding hydrogens is 365 g/mol. The van der Waals surface area contributed by atoms with Gasteiger partial charge in [0.15, 0.2) is 5.56 Å². The number of hydrogen-bond donors (Lipinski definition) is 2. The van der Waals surface area contributed by atoms with E-state index >= 15 is 0 Å². The van der Waals surface area contributed by atoms with Crippen LogP contribution in [-0.4, -0.2) is 10.1 Å². The Labute approximate surface area is 141 Å². The van der Waals surface area contributed by atoms with Crippen molar-refractivity contribution in [3.8, 4) is 22.9 Å². The maximum Gasteiger partial charge on any atom is 0.416 e.